The van der Waals surface area contributed by atoms with E-state index in [0.29, 0.717) is 21.2 Å². The lowest BCUT2D eigenvalue weighted by atomic mass is 9.96. The number of rotatable bonds is 6. The number of halogens is 4. The summed E-state index contributed by atoms with van der Waals surface area (Å²) in [5, 5.41) is 3.11. The van der Waals surface area contributed by atoms with Gasteiger partial charge in [-0.2, -0.15) is 0 Å². The number of thioether (sulfide) groups is 1. The first-order chi connectivity index (χ1) is 18.2. The molecule has 2 aromatic rings. The average Bonchev–Trinajstić information content (AvgIpc) is 3.12. The smallest absolute Gasteiger partial charge is 0.408 e. The Balaban J connectivity index is 1.66. The van der Waals surface area contributed by atoms with E-state index in [0.717, 1.165) is 11.8 Å². The van der Waals surface area contributed by atoms with Gasteiger partial charge in [0.15, 0.2) is 5.78 Å². The van der Waals surface area contributed by atoms with Crippen LogP contribution in [-0.2, 0) is 16.1 Å². The number of Topliss-reactive ketones (excluding diaryl/α,β-unsaturated/α-hetero) is 1. The number of hydrogen-bond acceptors (Lipinski definition) is 5. The molecule has 4 rings (SSSR count). The third-order valence-corrected chi connectivity index (χ3v) is 7.92. The summed E-state index contributed by atoms with van der Waals surface area (Å²) in [6, 6.07) is 8.32. The van der Waals surface area contributed by atoms with Gasteiger partial charge in [-0.15, -0.1) is 11.8 Å². The fourth-order valence-electron chi connectivity index (χ4n) is 4.71. The molecular weight excluding hydrogens is 553 g/mol. The SMILES string of the molecule is CC(C)(C)OC(=O)N[C@H]1CSc2cc(F)c(C(=O)C[C@H]3CCC(F)(F)C3)cc2N(Cc2ccc(Cl)cc2)C1=O. The van der Waals surface area contributed by atoms with Crippen LogP contribution < -0.4 is 10.2 Å². The van der Waals surface area contributed by atoms with E-state index >= 15 is 4.39 Å². The molecule has 0 unspecified atom stereocenters. The zero-order valence-corrected chi connectivity index (χ0v) is 23.4. The summed E-state index contributed by atoms with van der Waals surface area (Å²) in [6.07, 6.45) is -1.47. The van der Waals surface area contributed by atoms with E-state index in [4.69, 9.17) is 16.3 Å². The predicted molar refractivity (Wildman–Crippen MR) is 144 cm³/mol. The lowest BCUT2D eigenvalue weighted by Gasteiger charge is -2.27. The number of anilines is 1. The van der Waals surface area contributed by atoms with Crippen molar-refractivity contribution in [1.29, 1.82) is 0 Å². The molecule has 2 aromatic carbocycles. The van der Waals surface area contributed by atoms with Crippen molar-refractivity contribution < 1.29 is 32.3 Å². The first-order valence-corrected chi connectivity index (χ1v) is 14.0. The van der Waals surface area contributed by atoms with Gasteiger partial charge in [-0.1, -0.05) is 23.7 Å². The van der Waals surface area contributed by atoms with Crippen molar-refractivity contribution in [3.05, 3.63) is 58.4 Å². The minimum atomic E-state index is -2.81. The van der Waals surface area contributed by atoms with Crippen LogP contribution in [0, 0.1) is 11.7 Å². The van der Waals surface area contributed by atoms with Crippen LogP contribution in [0.4, 0.5) is 23.7 Å². The lowest BCUT2D eigenvalue weighted by molar-refractivity contribution is -0.120. The van der Waals surface area contributed by atoms with Crippen molar-refractivity contribution in [3.63, 3.8) is 0 Å². The number of nitrogens with zero attached hydrogens (tertiary/aromatic N) is 1. The number of ether oxygens (including phenoxy) is 1. The van der Waals surface area contributed by atoms with E-state index in [1.54, 1.807) is 45.0 Å². The van der Waals surface area contributed by atoms with Crippen LogP contribution in [0.25, 0.3) is 0 Å². The van der Waals surface area contributed by atoms with Crippen LogP contribution in [0.3, 0.4) is 0 Å². The van der Waals surface area contributed by atoms with Gasteiger partial charge in [0, 0.05) is 34.9 Å². The molecule has 0 bridgehead atoms. The van der Waals surface area contributed by atoms with E-state index in [1.165, 1.54) is 17.0 Å². The molecule has 2 aliphatic rings. The fraction of sp³-hybridized carbons (Fsp3) is 0.464. The minimum Gasteiger partial charge on any atom is -0.444 e. The van der Waals surface area contributed by atoms with Gasteiger partial charge in [-0.3, -0.25) is 9.59 Å². The molecule has 1 fully saturated rings. The second kappa shape index (κ2) is 11.4. The van der Waals surface area contributed by atoms with Gasteiger partial charge in [-0.25, -0.2) is 18.0 Å². The Morgan fingerprint density at radius 1 is 1.21 bits per heavy atom. The largest absolute Gasteiger partial charge is 0.444 e. The Labute approximate surface area is 234 Å². The third-order valence-electron chi connectivity index (χ3n) is 6.53. The standard InChI is InChI=1S/C28H30ClF3N2O4S/c1-27(2,3)38-26(37)33-21-15-39-24-12-20(30)19(23(35)10-17-8-9-28(31,32)13-17)11-22(24)34(25(21)36)14-16-4-6-18(29)7-5-16/h4-7,11-12,17,21H,8-10,13-15H2,1-3H3,(H,33,37)/t17-,21+/m1/s1. The van der Waals surface area contributed by atoms with E-state index in [-0.39, 0.29) is 37.1 Å². The number of nitrogens with one attached hydrogen (secondary N) is 1. The second-order valence-corrected chi connectivity index (χ2v) is 12.5. The predicted octanol–water partition coefficient (Wildman–Crippen LogP) is 7.02. The van der Waals surface area contributed by atoms with Gasteiger partial charge in [0.1, 0.15) is 17.5 Å². The molecule has 1 N–H and O–H groups in total. The highest BCUT2D eigenvalue weighted by atomic mass is 35.5. The zero-order valence-electron chi connectivity index (χ0n) is 21.9. The highest BCUT2D eigenvalue weighted by molar-refractivity contribution is 7.99. The first-order valence-electron chi connectivity index (χ1n) is 12.6. The summed E-state index contributed by atoms with van der Waals surface area (Å²) in [6.45, 7) is 5.16. The number of alkyl halides is 2. The van der Waals surface area contributed by atoms with Gasteiger partial charge in [0.2, 0.25) is 5.92 Å². The van der Waals surface area contributed by atoms with Crippen molar-refractivity contribution in [1.82, 2.24) is 5.32 Å². The molecule has 0 spiro atoms. The number of carbonyl (C=O) groups is 3. The van der Waals surface area contributed by atoms with Crippen LogP contribution in [0.2, 0.25) is 5.02 Å². The van der Waals surface area contributed by atoms with Crippen molar-refractivity contribution in [2.45, 2.75) is 75.5 Å². The summed E-state index contributed by atoms with van der Waals surface area (Å²) in [5.41, 5.74) is -0.0162. The van der Waals surface area contributed by atoms with E-state index in [9.17, 15) is 23.2 Å². The maximum Gasteiger partial charge on any atom is 0.408 e. The highest BCUT2D eigenvalue weighted by Crippen LogP contribution is 2.42. The Kier molecular flexibility index (Phi) is 8.56. The quantitative estimate of drug-likeness (QED) is 0.371. The van der Waals surface area contributed by atoms with E-state index in [1.807, 2.05) is 0 Å². The Bertz CT molecular complexity index is 1270. The second-order valence-electron chi connectivity index (χ2n) is 11.0. The number of carbonyl (C=O) groups excluding carboxylic acids is 3. The van der Waals surface area contributed by atoms with Crippen LogP contribution in [0.1, 0.15) is 62.4 Å². The summed E-state index contributed by atoms with van der Waals surface area (Å²) >= 11 is 7.17. The Morgan fingerprint density at radius 2 is 1.90 bits per heavy atom. The van der Waals surface area contributed by atoms with Gasteiger partial charge in [0.05, 0.1) is 17.8 Å². The average molecular weight is 583 g/mol. The summed E-state index contributed by atoms with van der Waals surface area (Å²) < 4.78 is 47.8. The number of alkyl carbamates (subject to hydrolysis) is 1. The molecule has 1 saturated carbocycles. The van der Waals surface area contributed by atoms with Crippen LogP contribution >= 0.6 is 23.4 Å². The van der Waals surface area contributed by atoms with Gasteiger partial charge in [-0.05, 0) is 62.9 Å². The summed E-state index contributed by atoms with van der Waals surface area (Å²) in [4.78, 5) is 41.1. The van der Waals surface area contributed by atoms with Crippen molar-refractivity contribution in [3.8, 4) is 0 Å². The molecule has 210 valence electrons. The minimum absolute atomic E-state index is 0.0597. The molecule has 0 radical (unpaired) electrons. The fourth-order valence-corrected chi connectivity index (χ4v) is 5.91. The number of amides is 2. The van der Waals surface area contributed by atoms with E-state index < -0.39 is 53.5 Å². The first kappa shape index (κ1) is 29.3. The Hall–Kier alpha value is -2.72. The van der Waals surface area contributed by atoms with E-state index in [2.05, 4.69) is 5.32 Å². The molecule has 1 aliphatic heterocycles. The van der Waals surface area contributed by atoms with Crippen LogP contribution in [-0.4, -0.2) is 41.1 Å². The van der Waals surface area contributed by atoms with Crippen LogP contribution in [0.15, 0.2) is 41.3 Å². The number of benzene rings is 2. The molecule has 1 aliphatic carbocycles. The zero-order chi connectivity index (χ0) is 28.5. The van der Waals surface area contributed by atoms with Gasteiger partial charge < -0.3 is 15.0 Å². The Morgan fingerprint density at radius 3 is 2.51 bits per heavy atom. The number of hydrogen-bond donors (Lipinski definition) is 1. The molecule has 0 aromatic heterocycles. The maximum atomic E-state index is 15.2. The molecule has 11 heteroatoms. The molecule has 2 amide bonds. The summed E-state index contributed by atoms with van der Waals surface area (Å²) in [5.74, 6) is -5.09. The molecule has 1 heterocycles. The molecule has 39 heavy (non-hydrogen) atoms. The molecule has 0 saturated heterocycles. The van der Waals surface area contributed by atoms with Crippen LogP contribution in [0.5, 0.6) is 0 Å². The van der Waals surface area contributed by atoms with Crippen molar-refractivity contribution >= 4 is 46.8 Å². The van der Waals surface area contributed by atoms with Gasteiger partial charge >= 0.3 is 6.09 Å². The molecule has 6 nitrogen and oxygen atoms in total. The molecule has 2 atom stereocenters. The third kappa shape index (κ3) is 7.48. The van der Waals surface area contributed by atoms with Gasteiger partial charge in [0.25, 0.3) is 5.91 Å². The number of ketones is 1. The monoisotopic (exact) mass is 582 g/mol. The normalized spacial score (nSPS) is 20.8. The number of fused-ring (bicyclic) bond motifs is 1. The lowest BCUT2D eigenvalue weighted by Crippen LogP contribution is -2.50. The maximum absolute atomic E-state index is 15.2. The molecular formula is C28H30ClF3N2O4S. The highest BCUT2D eigenvalue weighted by Gasteiger charge is 2.40. The topological polar surface area (TPSA) is 75.7 Å². The summed E-state index contributed by atoms with van der Waals surface area (Å²) in [7, 11) is 0. The van der Waals surface area contributed by atoms with Crippen molar-refractivity contribution in [2.24, 2.45) is 5.92 Å². The van der Waals surface area contributed by atoms with Crippen molar-refractivity contribution in [2.75, 3.05) is 10.7 Å².